The Hall–Kier alpha value is -1.22. The van der Waals surface area contributed by atoms with E-state index in [4.69, 9.17) is 11.6 Å². The molecule has 0 aliphatic rings. The second-order valence-electron chi connectivity index (χ2n) is 3.56. The highest BCUT2D eigenvalue weighted by Crippen LogP contribution is 2.23. The van der Waals surface area contributed by atoms with E-state index in [1.807, 2.05) is 39.0 Å². The van der Waals surface area contributed by atoms with E-state index >= 15 is 0 Å². The number of rotatable bonds is 2. The van der Waals surface area contributed by atoms with Gasteiger partial charge < -0.3 is 10.7 Å². The van der Waals surface area contributed by atoms with Crippen molar-refractivity contribution in [3.8, 4) is 0 Å². The first-order chi connectivity index (χ1) is 6.02. The summed E-state index contributed by atoms with van der Waals surface area (Å²) < 4.78 is 0. The van der Waals surface area contributed by atoms with Gasteiger partial charge in [0.1, 0.15) is 0 Å². The summed E-state index contributed by atoms with van der Waals surface area (Å²) in [5.41, 5.74) is 8.61. The Morgan fingerprint density at radius 1 is 1.31 bits per heavy atom. The van der Waals surface area contributed by atoms with Gasteiger partial charge in [0.25, 0.3) is 0 Å². The second kappa shape index (κ2) is 3.66. The van der Waals surface area contributed by atoms with Gasteiger partial charge in [0.05, 0.1) is 11.4 Å². The Labute approximate surface area is 79.3 Å². The molecule has 3 heteroatoms. The molecule has 3 nitrogen and oxygen atoms in total. The number of anilines is 2. The molecular formula is C10H17N3. The summed E-state index contributed by atoms with van der Waals surface area (Å²) in [5, 5.41) is 1.68. The molecule has 0 fully saturated rings. The maximum absolute atomic E-state index is 5.84. The summed E-state index contributed by atoms with van der Waals surface area (Å²) in [6.45, 7) is 6.06. The molecule has 0 aliphatic carbocycles. The molecule has 0 saturated heterocycles. The third-order valence-electron chi connectivity index (χ3n) is 2.02. The van der Waals surface area contributed by atoms with E-state index in [9.17, 15) is 0 Å². The summed E-state index contributed by atoms with van der Waals surface area (Å²) in [6.07, 6.45) is 0. The lowest BCUT2D eigenvalue weighted by atomic mass is 10.2. The van der Waals surface area contributed by atoms with Crippen LogP contribution in [0.4, 0.5) is 11.4 Å². The van der Waals surface area contributed by atoms with Crippen molar-refractivity contribution < 1.29 is 0 Å². The normalized spacial score (nSPS) is 10.5. The number of hydrogen-bond acceptors (Lipinski definition) is 3. The summed E-state index contributed by atoms with van der Waals surface area (Å²) in [7, 11) is 0. The Kier molecular flexibility index (Phi) is 2.78. The van der Waals surface area contributed by atoms with Gasteiger partial charge >= 0.3 is 0 Å². The molecule has 0 aliphatic heterocycles. The highest BCUT2D eigenvalue weighted by molar-refractivity contribution is 5.67. The van der Waals surface area contributed by atoms with Crippen LogP contribution in [0.2, 0.25) is 0 Å². The first-order valence-corrected chi connectivity index (χ1v) is 4.42. The third-order valence-corrected chi connectivity index (χ3v) is 2.02. The van der Waals surface area contributed by atoms with E-state index in [2.05, 4.69) is 0 Å². The maximum Gasteiger partial charge on any atom is 0.0749 e. The van der Waals surface area contributed by atoms with Crippen LogP contribution < -0.4 is 16.6 Å². The fourth-order valence-corrected chi connectivity index (χ4v) is 1.19. The van der Waals surface area contributed by atoms with Crippen LogP contribution in [0.15, 0.2) is 18.2 Å². The van der Waals surface area contributed by atoms with Gasteiger partial charge in [-0.3, -0.25) is 0 Å². The quantitative estimate of drug-likeness (QED) is 0.412. The van der Waals surface area contributed by atoms with Crippen LogP contribution in [-0.2, 0) is 0 Å². The number of hydrazine groups is 1. The number of hydrogen-bond donors (Lipinski definition) is 2. The van der Waals surface area contributed by atoms with Crippen molar-refractivity contribution in [1.82, 2.24) is 0 Å². The van der Waals surface area contributed by atoms with Crippen molar-refractivity contribution in [3.63, 3.8) is 0 Å². The first kappa shape index (κ1) is 9.86. The Morgan fingerprint density at radius 3 is 2.38 bits per heavy atom. The number of nitrogens with zero attached hydrogens (tertiary/aromatic N) is 1. The number of aryl methyl sites for hydroxylation is 1. The van der Waals surface area contributed by atoms with E-state index < -0.39 is 0 Å². The molecule has 0 atom stereocenters. The number of nitrogens with two attached hydrogens (primary N) is 2. The molecule has 0 spiro atoms. The molecule has 13 heavy (non-hydrogen) atoms. The predicted molar refractivity (Wildman–Crippen MR) is 57.4 cm³/mol. The van der Waals surface area contributed by atoms with Crippen molar-refractivity contribution in [1.29, 1.82) is 0 Å². The second-order valence-corrected chi connectivity index (χ2v) is 3.56. The van der Waals surface area contributed by atoms with E-state index in [0.29, 0.717) is 0 Å². The molecule has 0 radical (unpaired) electrons. The van der Waals surface area contributed by atoms with Gasteiger partial charge in [-0.2, -0.15) is 0 Å². The van der Waals surface area contributed by atoms with E-state index in [-0.39, 0.29) is 6.04 Å². The van der Waals surface area contributed by atoms with Gasteiger partial charge in [0, 0.05) is 6.04 Å². The molecule has 0 aromatic heterocycles. The highest BCUT2D eigenvalue weighted by Gasteiger charge is 2.08. The minimum absolute atomic E-state index is 0.255. The predicted octanol–water partition coefficient (Wildman–Crippen LogP) is 1.67. The van der Waals surface area contributed by atoms with E-state index in [1.165, 1.54) is 0 Å². The van der Waals surface area contributed by atoms with Crippen molar-refractivity contribution in [3.05, 3.63) is 23.8 Å². The Bertz CT molecular complexity index is 294. The van der Waals surface area contributed by atoms with Crippen LogP contribution in [0.1, 0.15) is 19.4 Å². The average Bonchev–Trinajstić information content (AvgIpc) is 2.03. The van der Waals surface area contributed by atoms with Crippen LogP contribution in [-0.4, -0.2) is 6.04 Å². The largest absolute Gasteiger partial charge is 0.397 e. The van der Waals surface area contributed by atoms with E-state index in [1.54, 1.807) is 5.01 Å². The third kappa shape index (κ3) is 2.12. The van der Waals surface area contributed by atoms with Gasteiger partial charge in [0.2, 0.25) is 0 Å². The first-order valence-electron chi connectivity index (χ1n) is 4.42. The van der Waals surface area contributed by atoms with E-state index in [0.717, 1.165) is 16.9 Å². The van der Waals surface area contributed by atoms with Gasteiger partial charge in [-0.25, -0.2) is 5.84 Å². The summed E-state index contributed by atoms with van der Waals surface area (Å²) >= 11 is 0. The van der Waals surface area contributed by atoms with Crippen LogP contribution in [0.3, 0.4) is 0 Å². The smallest absolute Gasteiger partial charge is 0.0749 e. The van der Waals surface area contributed by atoms with Crippen LogP contribution in [0.5, 0.6) is 0 Å². The fourth-order valence-electron chi connectivity index (χ4n) is 1.19. The summed E-state index contributed by atoms with van der Waals surface area (Å²) in [6, 6.07) is 6.14. The highest BCUT2D eigenvalue weighted by atomic mass is 15.4. The zero-order valence-corrected chi connectivity index (χ0v) is 8.41. The lowest BCUT2D eigenvalue weighted by molar-refractivity contribution is 0.712. The Balaban J connectivity index is 3.01. The SMILES string of the molecule is Cc1ccc(N(N)C(C)C)c(N)c1. The molecule has 1 rings (SSSR count). The maximum atomic E-state index is 5.84. The van der Waals surface area contributed by atoms with Gasteiger partial charge in [-0.05, 0) is 38.5 Å². The van der Waals surface area contributed by atoms with Gasteiger partial charge in [-0.15, -0.1) is 0 Å². The fraction of sp³-hybridized carbons (Fsp3) is 0.400. The van der Waals surface area contributed by atoms with Crippen LogP contribution in [0, 0.1) is 6.92 Å². The molecule has 4 N–H and O–H groups in total. The van der Waals surface area contributed by atoms with Crippen molar-refractivity contribution in [2.75, 3.05) is 10.7 Å². The number of nitrogen functional groups attached to an aromatic ring is 1. The number of benzene rings is 1. The molecule has 0 bridgehead atoms. The van der Waals surface area contributed by atoms with Crippen LogP contribution >= 0.6 is 0 Å². The van der Waals surface area contributed by atoms with Gasteiger partial charge in [0.15, 0.2) is 0 Å². The zero-order valence-electron chi connectivity index (χ0n) is 8.41. The lowest BCUT2D eigenvalue weighted by Gasteiger charge is -2.24. The molecule has 1 aromatic carbocycles. The van der Waals surface area contributed by atoms with Crippen molar-refractivity contribution in [2.45, 2.75) is 26.8 Å². The summed E-state index contributed by atoms with van der Waals surface area (Å²) in [4.78, 5) is 0. The topological polar surface area (TPSA) is 55.3 Å². The van der Waals surface area contributed by atoms with Crippen molar-refractivity contribution >= 4 is 11.4 Å². The average molecular weight is 179 g/mol. The van der Waals surface area contributed by atoms with Gasteiger partial charge in [-0.1, -0.05) is 6.07 Å². The van der Waals surface area contributed by atoms with Crippen molar-refractivity contribution in [2.24, 2.45) is 5.84 Å². The van der Waals surface area contributed by atoms with Crippen LogP contribution in [0.25, 0.3) is 0 Å². The monoisotopic (exact) mass is 179 g/mol. The lowest BCUT2D eigenvalue weighted by Crippen LogP contribution is -2.37. The molecular weight excluding hydrogens is 162 g/mol. The standard InChI is InChI=1S/C10H17N3/c1-7(2)13(12)10-5-4-8(3)6-9(10)11/h4-7H,11-12H2,1-3H3. The molecule has 1 aromatic rings. The molecule has 0 heterocycles. The molecule has 0 amide bonds. The minimum atomic E-state index is 0.255. The molecule has 0 unspecified atom stereocenters. The minimum Gasteiger partial charge on any atom is -0.397 e. The Morgan fingerprint density at radius 2 is 1.92 bits per heavy atom. The molecule has 72 valence electrons. The zero-order chi connectivity index (χ0) is 10.0. The molecule has 0 saturated carbocycles. The summed E-state index contributed by atoms with van der Waals surface area (Å²) in [5.74, 6) is 5.84.